The van der Waals surface area contributed by atoms with E-state index in [1.165, 1.54) is 0 Å². The second-order valence-electron chi connectivity index (χ2n) is 9.93. The molecule has 5 rings (SSSR count). The number of pyridine rings is 1. The van der Waals surface area contributed by atoms with Gasteiger partial charge in [-0.15, -0.1) is 0 Å². The highest BCUT2D eigenvalue weighted by molar-refractivity contribution is 5.93. The van der Waals surface area contributed by atoms with E-state index in [1.54, 1.807) is 12.3 Å². The minimum atomic E-state index is -0.626. The van der Waals surface area contributed by atoms with Crippen LogP contribution < -0.4 is 15.8 Å². The topological polar surface area (TPSA) is 78.0 Å². The number of imidazole rings is 1. The summed E-state index contributed by atoms with van der Waals surface area (Å²) in [5.74, 6) is 0.971. The lowest BCUT2D eigenvalue weighted by atomic mass is 9.99. The molecule has 0 saturated carbocycles. The minimum absolute atomic E-state index is 0.238. The van der Waals surface area contributed by atoms with E-state index in [1.807, 2.05) is 92.2 Å². The molecule has 0 amide bonds. The lowest BCUT2D eigenvalue weighted by Crippen LogP contribution is -2.20. The van der Waals surface area contributed by atoms with Gasteiger partial charge in [-0.1, -0.05) is 55.5 Å². The Hall–Kier alpha value is -4.65. The van der Waals surface area contributed by atoms with Crippen molar-refractivity contribution in [1.29, 1.82) is 0 Å². The number of ether oxygens (including phenoxy) is 1. The third kappa shape index (κ3) is 5.54. The highest BCUT2D eigenvalue weighted by Gasteiger charge is 2.27. The van der Waals surface area contributed by atoms with E-state index in [0.717, 1.165) is 45.3 Å². The van der Waals surface area contributed by atoms with Crippen LogP contribution in [0.5, 0.6) is 5.75 Å². The van der Waals surface area contributed by atoms with Gasteiger partial charge in [0.1, 0.15) is 17.7 Å². The average Bonchev–Trinajstić information content (AvgIpc) is 3.36. The maximum atomic E-state index is 16.2. The van der Waals surface area contributed by atoms with Crippen LogP contribution in [0, 0.1) is 5.82 Å². The van der Waals surface area contributed by atoms with E-state index in [2.05, 4.69) is 16.9 Å². The fourth-order valence-corrected chi connectivity index (χ4v) is 4.92. The van der Waals surface area contributed by atoms with Gasteiger partial charge < -0.3 is 20.4 Å². The number of allylic oxidation sites excluding steroid dienone is 1. The van der Waals surface area contributed by atoms with Crippen LogP contribution >= 0.6 is 0 Å². The maximum Gasteiger partial charge on any atom is 0.170 e. The third-order valence-electron chi connectivity index (χ3n) is 6.83. The van der Waals surface area contributed by atoms with Crippen molar-refractivity contribution in [3.63, 3.8) is 0 Å². The smallest absolute Gasteiger partial charge is 0.170 e. The standard InChI is InChI=1S/C33H34FN5O/c1-5-22-16-27(30(34)29(17-22)40-6-2)31(37-25-12-13-26-24(18-25)14-15-36-32(26)35)33-38-28(20-39(33)19-21(3)4)23-10-8-7-9-11-23/h7-18,20,31,37H,3,5-6,19H2,1-2,4H3,(H2,35,36). The Morgan fingerprint density at radius 1 is 1.10 bits per heavy atom. The van der Waals surface area contributed by atoms with Gasteiger partial charge in [-0.2, -0.15) is 0 Å². The number of anilines is 2. The van der Waals surface area contributed by atoms with Crippen molar-refractivity contribution in [1.82, 2.24) is 14.5 Å². The van der Waals surface area contributed by atoms with Gasteiger partial charge in [-0.3, -0.25) is 0 Å². The van der Waals surface area contributed by atoms with Crippen LogP contribution in [0.3, 0.4) is 0 Å². The molecule has 0 fully saturated rings. The number of nitrogens with two attached hydrogens (primary N) is 1. The van der Waals surface area contributed by atoms with E-state index >= 15 is 4.39 Å². The lowest BCUT2D eigenvalue weighted by molar-refractivity contribution is 0.319. The van der Waals surface area contributed by atoms with Crippen molar-refractivity contribution in [3.8, 4) is 17.0 Å². The van der Waals surface area contributed by atoms with Crippen LogP contribution in [0.25, 0.3) is 22.0 Å². The van der Waals surface area contributed by atoms with Gasteiger partial charge in [0, 0.05) is 41.1 Å². The highest BCUT2D eigenvalue weighted by atomic mass is 19.1. The molecule has 2 aromatic heterocycles. The second-order valence-corrected chi connectivity index (χ2v) is 9.93. The summed E-state index contributed by atoms with van der Waals surface area (Å²) in [5, 5.41) is 5.39. The molecular weight excluding hydrogens is 501 g/mol. The van der Waals surface area contributed by atoms with E-state index in [9.17, 15) is 0 Å². The Bertz CT molecular complexity index is 1660. The summed E-state index contributed by atoms with van der Waals surface area (Å²) in [4.78, 5) is 9.27. The fourth-order valence-electron chi connectivity index (χ4n) is 4.92. The molecular formula is C33H34FN5O. The summed E-state index contributed by atoms with van der Waals surface area (Å²) < 4.78 is 24.0. The summed E-state index contributed by atoms with van der Waals surface area (Å²) in [7, 11) is 0. The molecule has 1 unspecified atom stereocenters. The zero-order valence-electron chi connectivity index (χ0n) is 23.1. The number of nitrogen functional groups attached to an aromatic ring is 1. The number of halogens is 1. The summed E-state index contributed by atoms with van der Waals surface area (Å²) in [6.07, 6.45) is 4.42. The maximum absolute atomic E-state index is 16.2. The van der Waals surface area contributed by atoms with Gasteiger partial charge in [0.15, 0.2) is 11.6 Å². The summed E-state index contributed by atoms with van der Waals surface area (Å²) in [6, 6.07) is 20.8. The van der Waals surface area contributed by atoms with Crippen molar-refractivity contribution in [3.05, 3.63) is 114 Å². The fraction of sp³-hybridized carbons (Fsp3) is 0.212. The Kier molecular flexibility index (Phi) is 7.82. The van der Waals surface area contributed by atoms with Gasteiger partial charge in [0.25, 0.3) is 0 Å². The molecule has 6 nitrogen and oxygen atoms in total. The molecule has 2 heterocycles. The van der Waals surface area contributed by atoms with E-state index in [0.29, 0.717) is 30.4 Å². The first-order chi connectivity index (χ1) is 19.4. The largest absolute Gasteiger partial charge is 0.491 e. The number of rotatable bonds is 10. The zero-order valence-corrected chi connectivity index (χ0v) is 23.1. The minimum Gasteiger partial charge on any atom is -0.491 e. The molecule has 0 radical (unpaired) electrons. The molecule has 3 aromatic carbocycles. The zero-order chi connectivity index (χ0) is 28.2. The van der Waals surface area contributed by atoms with Crippen LogP contribution in [-0.4, -0.2) is 21.1 Å². The quantitative estimate of drug-likeness (QED) is 0.181. The normalized spacial score (nSPS) is 11.9. The molecule has 0 bridgehead atoms. The summed E-state index contributed by atoms with van der Waals surface area (Å²) in [5.41, 5.74) is 11.1. The van der Waals surface area contributed by atoms with Crippen molar-refractivity contribution in [2.24, 2.45) is 0 Å². The van der Waals surface area contributed by atoms with Crippen molar-refractivity contribution in [2.45, 2.75) is 39.8 Å². The Morgan fingerprint density at radius 3 is 2.62 bits per heavy atom. The van der Waals surface area contributed by atoms with Crippen LogP contribution in [0.1, 0.15) is 43.8 Å². The predicted octanol–water partition coefficient (Wildman–Crippen LogP) is 7.56. The monoisotopic (exact) mass is 535 g/mol. The molecule has 3 N–H and O–H groups in total. The van der Waals surface area contributed by atoms with Crippen molar-refractivity contribution < 1.29 is 9.13 Å². The number of fused-ring (bicyclic) bond motifs is 1. The number of nitrogens with zero attached hydrogens (tertiary/aromatic N) is 3. The van der Waals surface area contributed by atoms with Gasteiger partial charge in [-0.05, 0) is 61.5 Å². The number of nitrogens with one attached hydrogen (secondary N) is 1. The van der Waals surface area contributed by atoms with Gasteiger partial charge in [0.2, 0.25) is 0 Å². The Labute approximate surface area is 234 Å². The molecule has 0 aliphatic rings. The number of aryl methyl sites for hydroxylation is 1. The Morgan fingerprint density at radius 2 is 1.90 bits per heavy atom. The molecule has 0 aliphatic carbocycles. The molecule has 204 valence electrons. The first-order valence-corrected chi connectivity index (χ1v) is 13.5. The number of hydrogen-bond donors (Lipinski definition) is 2. The van der Waals surface area contributed by atoms with Crippen LogP contribution in [0.15, 0.2) is 91.3 Å². The second kappa shape index (κ2) is 11.6. The summed E-state index contributed by atoms with van der Waals surface area (Å²) in [6.45, 7) is 10.9. The molecule has 40 heavy (non-hydrogen) atoms. The van der Waals surface area contributed by atoms with Crippen LogP contribution in [0.2, 0.25) is 0 Å². The third-order valence-corrected chi connectivity index (χ3v) is 6.83. The molecule has 0 spiro atoms. The molecule has 0 saturated heterocycles. The molecule has 0 aliphatic heterocycles. The van der Waals surface area contributed by atoms with Gasteiger partial charge in [0.05, 0.1) is 12.3 Å². The van der Waals surface area contributed by atoms with E-state index in [-0.39, 0.29) is 5.75 Å². The Balaban J connectivity index is 1.71. The summed E-state index contributed by atoms with van der Waals surface area (Å²) >= 11 is 0. The van der Waals surface area contributed by atoms with E-state index in [4.69, 9.17) is 15.5 Å². The van der Waals surface area contributed by atoms with Crippen LogP contribution in [-0.2, 0) is 13.0 Å². The number of hydrogen-bond acceptors (Lipinski definition) is 5. The first-order valence-electron chi connectivity index (χ1n) is 13.5. The lowest BCUT2D eigenvalue weighted by Gasteiger charge is -2.24. The highest BCUT2D eigenvalue weighted by Crippen LogP contribution is 2.36. The molecule has 5 aromatic rings. The van der Waals surface area contributed by atoms with Crippen LogP contribution in [0.4, 0.5) is 15.9 Å². The van der Waals surface area contributed by atoms with Crippen molar-refractivity contribution >= 4 is 22.3 Å². The predicted molar refractivity (Wildman–Crippen MR) is 161 cm³/mol. The first kappa shape index (κ1) is 26.9. The molecule has 7 heteroatoms. The van der Waals surface area contributed by atoms with Gasteiger partial charge >= 0.3 is 0 Å². The molecule has 1 atom stereocenters. The number of aromatic nitrogens is 3. The van der Waals surface area contributed by atoms with Crippen molar-refractivity contribution in [2.75, 3.05) is 17.7 Å². The number of benzene rings is 3. The van der Waals surface area contributed by atoms with Gasteiger partial charge in [-0.25, -0.2) is 14.4 Å². The van der Waals surface area contributed by atoms with E-state index < -0.39 is 11.9 Å². The average molecular weight is 536 g/mol. The SMILES string of the molecule is C=C(C)Cn1cc(-c2ccccc2)nc1C(Nc1ccc2c(N)nccc2c1)c1cc(CC)cc(OCC)c1F.